The molecule has 27 heavy (non-hydrogen) atoms. The number of carbonyl (C=O) groups is 2. The maximum Gasteiger partial charge on any atom is 0.320 e. The highest BCUT2D eigenvalue weighted by molar-refractivity contribution is 7.99. The lowest BCUT2D eigenvalue weighted by atomic mass is 10.2. The van der Waals surface area contributed by atoms with Crippen LogP contribution < -0.4 is 0 Å². The molecular formula is C20H29N3O3S. The molecule has 6 nitrogen and oxygen atoms in total. The molecule has 2 aliphatic rings. The molecule has 2 fully saturated rings. The minimum atomic E-state index is -0.195. The number of rotatable bonds is 6. The van der Waals surface area contributed by atoms with E-state index in [2.05, 4.69) is 9.88 Å². The van der Waals surface area contributed by atoms with Gasteiger partial charge in [0.15, 0.2) is 0 Å². The molecule has 0 bridgehead atoms. The van der Waals surface area contributed by atoms with Crippen LogP contribution in [0, 0.1) is 0 Å². The Bertz CT molecular complexity index is 649. The summed E-state index contributed by atoms with van der Waals surface area (Å²) < 4.78 is 5.04. The summed E-state index contributed by atoms with van der Waals surface area (Å²) in [5, 5.41) is 1.44. The van der Waals surface area contributed by atoms with Crippen LogP contribution in [-0.4, -0.2) is 71.2 Å². The number of carbonyl (C=O) groups excluding carboxylic acids is 2. The lowest BCUT2D eigenvalue weighted by Crippen LogP contribution is -2.37. The van der Waals surface area contributed by atoms with Crippen molar-refractivity contribution in [3.63, 3.8) is 0 Å². The Labute approximate surface area is 165 Å². The molecule has 0 atom stereocenters. The Hall–Kier alpha value is -1.60. The Balaban J connectivity index is 1.61. The fourth-order valence-corrected chi connectivity index (χ4v) is 4.99. The van der Waals surface area contributed by atoms with E-state index in [9.17, 15) is 9.59 Å². The van der Waals surface area contributed by atoms with Gasteiger partial charge in [-0.3, -0.25) is 14.5 Å². The summed E-state index contributed by atoms with van der Waals surface area (Å²) in [6.45, 7) is 5.34. The van der Waals surface area contributed by atoms with Gasteiger partial charge >= 0.3 is 5.97 Å². The molecular weight excluding hydrogens is 362 g/mol. The Morgan fingerprint density at radius 3 is 2.78 bits per heavy atom. The van der Waals surface area contributed by atoms with Crippen LogP contribution >= 0.6 is 11.8 Å². The molecule has 3 rings (SSSR count). The van der Waals surface area contributed by atoms with Crippen LogP contribution in [0.25, 0.3) is 0 Å². The highest BCUT2D eigenvalue weighted by atomic mass is 32.2. The first-order valence-corrected chi connectivity index (χ1v) is 10.8. The van der Waals surface area contributed by atoms with Gasteiger partial charge in [0.05, 0.1) is 18.7 Å². The van der Waals surface area contributed by atoms with Crippen molar-refractivity contribution in [1.29, 1.82) is 0 Å². The summed E-state index contributed by atoms with van der Waals surface area (Å²) in [5.41, 5.74) is 0.716. The van der Waals surface area contributed by atoms with Crippen LogP contribution in [-0.2, 0) is 9.53 Å². The summed E-state index contributed by atoms with van der Waals surface area (Å²) in [5.74, 6) is -0.138. The SMILES string of the molecule is CCOC(=O)CN1CCCN(C(=O)c2cccnc2SC2CCCC2)CC1. The van der Waals surface area contributed by atoms with E-state index in [0.717, 1.165) is 18.0 Å². The van der Waals surface area contributed by atoms with E-state index >= 15 is 0 Å². The zero-order chi connectivity index (χ0) is 19.1. The fraction of sp³-hybridized carbons (Fsp3) is 0.650. The van der Waals surface area contributed by atoms with Crippen LogP contribution in [0.2, 0.25) is 0 Å². The Morgan fingerprint density at radius 2 is 2.00 bits per heavy atom. The van der Waals surface area contributed by atoms with Gasteiger partial charge in [-0.2, -0.15) is 0 Å². The van der Waals surface area contributed by atoms with Gasteiger partial charge < -0.3 is 9.64 Å². The highest BCUT2D eigenvalue weighted by Crippen LogP contribution is 2.35. The van der Waals surface area contributed by atoms with Gasteiger partial charge in [0.1, 0.15) is 5.03 Å². The number of hydrogen-bond acceptors (Lipinski definition) is 6. The molecule has 0 radical (unpaired) electrons. The van der Waals surface area contributed by atoms with Gasteiger partial charge in [0, 0.05) is 37.6 Å². The molecule has 1 aromatic rings. The predicted molar refractivity (Wildman–Crippen MR) is 106 cm³/mol. The largest absolute Gasteiger partial charge is 0.465 e. The van der Waals surface area contributed by atoms with E-state index in [1.807, 2.05) is 24.0 Å². The maximum atomic E-state index is 13.1. The second-order valence-corrected chi connectivity index (χ2v) is 8.40. The molecule has 0 unspecified atom stereocenters. The fourth-order valence-electron chi connectivity index (χ4n) is 3.70. The average Bonchev–Trinajstić information content (AvgIpc) is 3.06. The zero-order valence-corrected chi connectivity index (χ0v) is 16.9. The topological polar surface area (TPSA) is 62.7 Å². The van der Waals surface area contributed by atoms with Gasteiger partial charge in [-0.05, 0) is 38.3 Å². The highest BCUT2D eigenvalue weighted by Gasteiger charge is 2.25. The van der Waals surface area contributed by atoms with Crippen molar-refractivity contribution in [3.05, 3.63) is 23.9 Å². The smallest absolute Gasteiger partial charge is 0.320 e. The standard InChI is InChI=1S/C20H29N3O3S/c1-2-26-18(24)15-22-11-6-12-23(14-13-22)20(25)17-9-5-10-21-19(17)27-16-7-3-4-8-16/h5,9-10,16H,2-4,6-8,11-15H2,1H3. The van der Waals surface area contributed by atoms with Crippen LogP contribution in [0.3, 0.4) is 0 Å². The summed E-state index contributed by atoms with van der Waals surface area (Å²) in [6, 6.07) is 3.74. The van der Waals surface area contributed by atoms with Crippen molar-refractivity contribution in [3.8, 4) is 0 Å². The van der Waals surface area contributed by atoms with Gasteiger partial charge in [0.25, 0.3) is 5.91 Å². The number of aromatic nitrogens is 1. The molecule has 0 N–H and O–H groups in total. The number of nitrogens with zero attached hydrogens (tertiary/aromatic N) is 3. The second kappa shape index (κ2) is 10.1. The van der Waals surface area contributed by atoms with Crippen molar-refractivity contribution in [2.45, 2.75) is 49.3 Å². The quantitative estimate of drug-likeness (QED) is 0.695. The van der Waals surface area contributed by atoms with E-state index in [1.165, 1.54) is 25.7 Å². The van der Waals surface area contributed by atoms with Gasteiger partial charge in [-0.25, -0.2) is 4.98 Å². The Kier molecular flexibility index (Phi) is 7.52. The number of thioether (sulfide) groups is 1. The molecule has 1 saturated carbocycles. The van der Waals surface area contributed by atoms with E-state index in [1.54, 1.807) is 18.0 Å². The molecule has 7 heteroatoms. The summed E-state index contributed by atoms with van der Waals surface area (Å²) >= 11 is 1.76. The molecule has 0 aromatic carbocycles. The van der Waals surface area contributed by atoms with Crippen LogP contribution in [0.5, 0.6) is 0 Å². The average molecular weight is 392 g/mol. The number of esters is 1. The van der Waals surface area contributed by atoms with E-state index in [0.29, 0.717) is 43.6 Å². The minimum Gasteiger partial charge on any atom is -0.465 e. The number of pyridine rings is 1. The third kappa shape index (κ3) is 5.69. The van der Waals surface area contributed by atoms with E-state index in [-0.39, 0.29) is 11.9 Å². The van der Waals surface area contributed by atoms with Crippen LogP contribution in [0.4, 0.5) is 0 Å². The summed E-state index contributed by atoms with van der Waals surface area (Å²) in [4.78, 5) is 33.3. The normalized spacial score (nSPS) is 19.1. The summed E-state index contributed by atoms with van der Waals surface area (Å²) in [7, 11) is 0. The molecule has 1 saturated heterocycles. The van der Waals surface area contributed by atoms with E-state index < -0.39 is 0 Å². The Morgan fingerprint density at radius 1 is 1.19 bits per heavy atom. The lowest BCUT2D eigenvalue weighted by molar-refractivity contribution is -0.144. The molecule has 1 amide bonds. The van der Waals surface area contributed by atoms with Gasteiger partial charge in [-0.15, -0.1) is 11.8 Å². The molecule has 0 spiro atoms. The first kappa shape index (κ1) is 20.1. The second-order valence-electron chi connectivity index (χ2n) is 7.11. The van der Waals surface area contributed by atoms with Crippen LogP contribution in [0.15, 0.2) is 23.4 Å². The third-order valence-electron chi connectivity index (χ3n) is 5.12. The monoisotopic (exact) mass is 391 g/mol. The van der Waals surface area contributed by atoms with Gasteiger partial charge in [-0.1, -0.05) is 12.8 Å². The molecule has 148 valence electrons. The maximum absolute atomic E-state index is 13.1. The first-order valence-electron chi connectivity index (χ1n) is 9.96. The van der Waals surface area contributed by atoms with Crippen molar-refractivity contribution >= 4 is 23.6 Å². The number of hydrogen-bond donors (Lipinski definition) is 0. The lowest BCUT2D eigenvalue weighted by Gasteiger charge is -2.22. The molecule has 2 heterocycles. The van der Waals surface area contributed by atoms with Crippen molar-refractivity contribution < 1.29 is 14.3 Å². The first-order chi connectivity index (χ1) is 13.2. The molecule has 1 aromatic heterocycles. The van der Waals surface area contributed by atoms with Crippen LogP contribution in [0.1, 0.15) is 49.4 Å². The molecule has 1 aliphatic heterocycles. The van der Waals surface area contributed by atoms with Gasteiger partial charge in [0.2, 0.25) is 0 Å². The number of amides is 1. The van der Waals surface area contributed by atoms with Crippen molar-refractivity contribution in [2.24, 2.45) is 0 Å². The van der Waals surface area contributed by atoms with E-state index in [4.69, 9.17) is 4.74 Å². The van der Waals surface area contributed by atoms with Crippen molar-refractivity contribution in [1.82, 2.24) is 14.8 Å². The summed E-state index contributed by atoms with van der Waals surface area (Å²) in [6.07, 6.45) is 7.60. The zero-order valence-electron chi connectivity index (χ0n) is 16.1. The van der Waals surface area contributed by atoms with Crippen molar-refractivity contribution in [2.75, 3.05) is 39.3 Å². The number of ether oxygens (including phenoxy) is 1. The third-order valence-corrected chi connectivity index (χ3v) is 6.47. The molecule has 1 aliphatic carbocycles. The minimum absolute atomic E-state index is 0.0570. The predicted octanol–water partition coefficient (Wildman–Crippen LogP) is 2.83.